The number of methoxy groups -OCH3 is 1. The van der Waals surface area contributed by atoms with Gasteiger partial charge in [0, 0.05) is 12.7 Å². The Balaban J connectivity index is 1.96. The van der Waals surface area contributed by atoms with E-state index in [2.05, 4.69) is 24.2 Å². The fourth-order valence-electron chi connectivity index (χ4n) is 3.05. The molecule has 0 saturated heterocycles. The first-order chi connectivity index (χ1) is 14.1. The summed E-state index contributed by atoms with van der Waals surface area (Å²) in [5, 5.41) is 2.77. The fourth-order valence-corrected chi connectivity index (χ4v) is 3.05. The third-order valence-electron chi connectivity index (χ3n) is 4.87. The van der Waals surface area contributed by atoms with Crippen molar-refractivity contribution < 1.29 is 28.6 Å². The van der Waals surface area contributed by atoms with Gasteiger partial charge in [0.1, 0.15) is 6.61 Å². The molecule has 29 heavy (non-hydrogen) atoms. The fraction of sp³-hybridized carbons (Fsp3) is 0.619. The number of amidine groups is 1. The molecule has 0 bridgehead atoms. The number of hydrogen-bond donors (Lipinski definition) is 2. The maximum Gasteiger partial charge on any atom is 0.292 e. The highest BCUT2D eigenvalue weighted by atomic mass is 16.7. The molecule has 1 aromatic carbocycles. The molecule has 0 radical (unpaired) electrons. The molecule has 162 valence electrons. The standard InChI is InChI=1S/C21H33N3O5/c1-5-24(6-2)11-7-8-16(3)22-21(27-13-12-26-4)23-20(25)17-9-10-18-19(14-17)29-15-28-18/h9-10,14,16H,5-8,11-13,15H2,1-4H3,(H,22,23,25)/p+1/t16-/m1/s1. The van der Waals surface area contributed by atoms with Crippen LogP contribution in [0, 0.1) is 0 Å². The lowest BCUT2D eigenvalue weighted by atomic mass is 10.2. The Morgan fingerprint density at radius 2 is 2.00 bits per heavy atom. The van der Waals surface area contributed by atoms with Crippen LogP contribution in [0.3, 0.4) is 0 Å². The Hall–Kier alpha value is -2.32. The molecule has 0 saturated carbocycles. The van der Waals surface area contributed by atoms with Crippen molar-refractivity contribution in [3.63, 3.8) is 0 Å². The number of aliphatic imine (C=N–C) groups is 1. The summed E-state index contributed by atoms with van der Waals surface area (Å²) in [5.74, 6) is 0.888. The number of nitrogens with one attached hydrogen (secondary N) is 2. The molecule has 1 amide bonds. The van der Waals surface area contributed by atoms with Gasteiger partial charge < -0.3 is 23.8 Å². The molecule has 2 N–H and O–H groups in total. The number of fused-ring (bicyclic) bond motifs is 1. The van der Waals surface area contributed by atoms with Crippen LogP contribution in [-0.4, -0.2) is 64.7 Å². The number of ether oxygens (including phenoxy) is 4. The molecule has 8 heteroatoms. The molecule has 0 aliphatic carbocycles. The number of benzene rings is 1. The van der Waals surface area contributed by atoms with Crippen molar-refractivity contribution in [3.05, 3.63) is 23.8 Å². The molecule has 0 unspecified atom stereocenters. The SMILES string of the molecule is CC[NH+](CC)CCC[C@@H](C)N=C(NC(=O)c1ccc2c(c1)OCO2)OCCOC. The molecule has 2 rings (SSSR count). The molecule has 1 aliphatic heterocycles. The van der Waals surface area contributed by atoms with Gasteiger partial charge in [0.2, 0.25) is 6.79 Å². The van der Waals surface area contributed by atoms with E-state index in [9.17, 15) is 4.79 Å². The van der Waals surface area contributed by atoms with Crippen molar-refractivity contribution in [2.75, 3.05) is 46.8 Å². The van der Waals surface area contributed by atoms with Gasteiger partial charge in [0.25, 0.3) is 11.9 Å². The summed E-state index contributed by atoms with van der Waals surface area (Å²) in [6.07, 6.45) is 2.00. The average molecular weight is 409 g/mol. The van der Waals surface area contributed by atoms with Gasteiger partial charge in [-0.1, -0.05) is 0 Å². The zero-order valence-corrected chi connectivity index (χ0v) is 18.0. The van der Waals surface area contributed by atoms with E-state index in [0.717, 1.165) is 32.5 Å². The molecule has 1 aromatic rings. The molecule has 1 heterocycles. The summed E-state index contributed by atoms with van der Waals surface area (Å²) in [7, 11) is 1.60. The minimum atomic E-state index is -0.306. The van der Waals surface area contributed by atoms with E-state index in [-0.39, 0.29) is 24.8 Å². The van der Waals surface area contributed by atoms with Crippen LogP contribution in [0.5, 0.6) is 11.5 Å². The van der Waals surface area contributed by atoms with Gasteiger partial charge in [0.05, 0.1) is 32.3 Å². The van der Waals surface area contributed by atoms with Gasteiger partial charge >= 0.3 is 0 Å². The molecule has 8 nitrogen and oxygen atoms in total. The molecular formula is C21H34N3O5+. The molecule has 1 atom stereocenters. The van der Waals surface area contributed by atoms with Crippen LogP contribution in [-0.2, 0) is 9.47 Å². The Kier molecular flexibility index (Phi) is 9.73. The summed E-state index contributed by atoms with van der Waals surface area (Å²) in [6, 6.07) is 5.32. The number of amides is 1. The first kappa shape index (κ1) is 23.0. The van der Waals surface area contributed by atoms with Crippen molar-refractivity contribution in [1.82, 2.24) is 5.32 Å². The number of nitrogens with zero attached hydrogens (tertiary/aromatic N) is 1. The lowest BCUT2D eigenvalue weighted by Crippen LogP contribution is -3.11. The first-order valence-electron chi connectivity index (χ1n) is 10.3. The quantitative estimate of drug-likeness (QED) is 0.327. The Morgan fingerprint density at radius 1 is 1.24 bits per heavy atom. The third kappa shape index (κ3) is 7.55. The lowest BCUT2D eigenvalue weighted by Gasteiger charge is -2.16. The second-order valence-corrected chi connectivity index (χ2v) is 7.00. The van der Waals surface area contributed by atoms with Crippen LogP contribution >= 0.6 is 0 Å². The monoisotopic (exact) mass is 408 g/mol. The molecule has 0 aromatic heterocycles. The number of hydrogen-bond acceptors (Lipinski definition) is 6. The second-order valence-electron chi connectivity index (χ2n) is 7.00. The number of carbonyl (C=O) groups excluding carboxylic acids is 1. The highest BCUT2D eigenvalue weighted by molar-refractivity contribution is 6.04. The van der Waals surface area contributed by atoms with E-state index in [1.54, 1.807) is 30.2 Å². The molecule has 0 fully saturated rings. The minimum Gasteiger partial charge on any atom is -0.463 e. The van der Waals surface area contributed by atoms with Gasteiger partial charge in [-0.15, -0.1) is 0 Å². The van der Waals surface area contributed by atoms with E-state index >= 15 is 0 Å². The van der Waals surface area contributed by atoms with Crippen molar-refractivity contribution in [3.8, 4) is 11.5 Å². The highest BCUT2D eigenvalue weighted by Crippen LogP contribution is 2.32. The topological polar surface area (TPSA) is 82.8 Å². The maximum atomic E-state index is 12.6. The zero-order valence-electron chi connectivity index (χ0n) is 18.0. The van der Waals surface area contributed by atoms with Crippen LogP contribution in [0.2, 0.25) is 0 Å². The molecule has 0 spiro atoms. The number of carbonyl (C=O) groups is 1. The van der Waals surface area contributed by atoms with E-state index in [1.165, 1.54) is 0 Å². The third-order valence-corrected chi connectivity index (χ3v) is 4.87. The predicted molar refractivity (Wildman–Crippen MR) is 111 cm³/mol. The van der Waals surface area contributed by atoms with Gasteiger partial charge in [-0.3, -0.25) is 10.1 Å². The number of rotatable bonds is 11. The Bertz CT molecular complexity index is 676. The van der Waals surface area contributed by atoms with Crippen molar-refractivity contribution in [2.45, 2.75) is 39.7 Å². The van der Waals surface area contributed by atoms with Crippen LogP contribution < -0.4 is 19.7 Å². The molecular weight excluding hydrogens is 374 g/mol. The largest absolute Gasteiger partial charge is 0.463 e. The van der Waals surface area contributed by atoms with Gasteiger partial charge in [-0.05, 0) is 51.8 Å². The minimum absolute atomic E-state index is 0.0413. The first-order valence-corrected chi connectivity index (χ1v) is 10.3. The summed E-state index contributed by atoms with van der Waals surface area (Å²) in [6.45, 7) is 10.7. The van der Waals surface area contributed by atoms with E-state index in [1.807, 2.05) is 6.92 Å². The Labute approximate surface area is 173 Å². The summed E-state index contributed by atoms with van der Waals surface area (Å²) in [4.78, 5) is 18.8. The normalized spacial score (nSPS) is 14.2. The summed E-state index contributed by atoms with van der Waals surface area (Å²) in [5.41, 5.74) is 0.454. The smallest absolute Gasteiger partial charge is 0.292 e. The average Bonchev–Trinajstić information content (AvgIpc) is 3.19. The van der Waals surface area contributed by atoms with Crippen LogP contribution in [0.1, 0.15) is 44.0 Å². The second kappa shape index (κ2) is 12.3. The van der Waals surface area contributed by atoms with Crippen molar-refractivity contribution in [2.24, 2.45) is 4.99 Å². The van der Waals surface area contributed by atoms with Crippen molar-refractivity contribution in [1.29, 1.82) is 0 Å². The predicted octanol–water partition coefficient (Wildman–Crippen LogP) is 1.26. The van der Waals surface area contributed by atoms with Crippen molar-refractivity contribution >= 4 is 11.9 Å². The van der Waals surface area contributed by atoms with Gasteiger partial charge in [0.15, 0.2) is 11.5 Å². The number of quaternary nitrogens is 1. The Morgan fingerprint density at radius 3 is 2.72 bits per heavy atom. The lowest BCUT2D eigenvalue weighted by molar-refractivity contribution is -0.896. The van der Waals surface area contributed by atoms with Crippen LogP contribution in [0.15, 0.2) is 23.2 Å². The van der Waals surface area contributed by atoms with Gasteiger partial charge in [-0.25, -0.2) is 4.99 Å². The summed E-state index contributed by atoms with van der Waals surface area (Å²) >= 11 is 0. The summed E-state index contributed by atoms with van der Waals surface area (Å²) < 4.78 is 21.3. The van der Waals surface area contributed by atoms with Crippen LogP contribution in [0.25, 0.3) is 0 Å². The van der Waals surface area contributed by atoms with Gasteiger partial charge in [-0.2, -0.15) is 0 Å². The zero-order chi connectivity index (χ0) is 21.1. The van der Waals surface area contributed by atoms with E-state index in [0.29, 0.717) is 30.3 Å². The van der Waals surface area contributed by atoms with Crippen LogP contribution in [0.4, 0.5) is 0 Å². The van der Waals surface area contributed by atoms with E-state index in [4.69, 9.17) is 18.9 Å². The van der Waals surface area contributed by atoms with E-state index < -0.39 is 0 Å². The maximum absolute atomic E-state index is 12.6. The molecule has 1 aliphatic rings. The highest BCUT2D eigenvalue weighted by Gasteiger charge is 2.18.